The molecule has 0 saturated heterocycles. The Hall–Kier alpha value is -2.22. The second-order valence-electron chi connectivity index (χ2n) is 13.2. The van der Waals surface area contributed by atoms with Crippen molar-refractivity contribution in [3.8, 4) is 0 Å². The van der Waals surface area contributed by atoms with E-state index in [9.17, 15) is 14.3 Å². The van der Waals surface area contributed by atoms with Crippen LogP contribution in [0.2, 0.25) is 0 Å². The number of ether oxygens (including phenoxy) is 2. The third-order valence-corrected chi connectivity index (χ3v) is 9.21. The lowest BCUT2D eigenvalue weighted by atomic mass is 10.0. The van der Waals surface area contributed by atoms with E-state index in [1.165, 1.54) is 70.6 Å². The van der Waals surface area contributed by atoms with Crippen LogP contribution >= 0.6 is 7.82 Å². The molecular formula is C43H76NO7P. The highest BCUT2D eigenvalue weighted by Crippen LogP contribution is 2.43. The molecule has 9 heteroatoms. The van der Waals surface area contributed by atoms with Gasteiger partial charge in [-0.3, -0.25) is 13.8 Å². The summed E-state index contributed by atoms with van der Waals surface area (Å²) in [6, 6.07) is 0. The lowest BCUT2D eigenvalue weighted by Crippen LogP contribution is -2.25. The molecule has 8 nitrogen and oxygen atoms in total. The van der Waals surface area contributed by atoms with Crippen LogP contribution in [0.1, 0.15) is 162 Å². The number of rotatable bonds is 38. The molecule has 0 aromatic carbocycles. The van der Waals surface area contributed by atoms with Crippen LogP contribution < -0.4 is 5.73 Å². The van der Waals surface area contributed by atoms with E-state index in [4.69, 9.17) is 24.3 Å². The number of carbonyl (C=O) groups excluding carboxylic acids is 1. The predicted molar refractivity (Wildman–Crippen MR) is 219 cm³/mol. The molecule has 0 bridgehead atoms. The normalized spacial score (nSPS) is 14.2. The zero-order chi connectivity index (χ0) is 38.1. The van der Waals surface area contributed by atoms with Gasteiger partial charge in [-0.25, -0.2) is 4.57 Å². The van der Waals surface area contributed by atoms with Crippen molar-refractivity contribution in [2.75, 3.05) is 26.4 Å². The SMILES string of the molecule is CC/C=C\C/C=C\C/C=C\C/C=C\C/C=C\CCCCCC(=O)OC[C@H](COP(=O)(O)OCCN)O/C=C\CCCCCCCCCCCCCC. The van der Waals surface area contributed by atoms with E-state index in [0.717, 1.165) is 70.6 Å². The number of hydrogen-bond acceptors (Lipinski definition) is 7. The maximum atomic E-state index is 12.4. The minimum Gasteiger partial charge on any atom is -0.492 e. The zero-order valence-corrected chi connectivity index (χ0v) is 33.9. The fourth-order valence-electron chi connectivity index (χ4n) is 5.18. The van der Waals surface area contributed by atoms with Crippen LogP contribution in [0.3, 0.4) is 0 Å². The van der Waals surface area contributed by atoms with Gasteiger partial charge in [0, 0.05) is 13.0 Å². The molecule has 0 aromatic rings. The predicted octanol–water partition coefficient (Wildman–Crippen LogP) is 12.3. The first-order valence-electron chi connectivity index (χ1n) is 20.5. The van der Waals surface area contributed by atoms with E-state index in [0.29, 0.717) is 6.42 Å². The molecule has 0 radical (unpaired) electrons. The van der Waals surface area contributed by atoms with Crippen molar-refractivity contribution in [2.45, 2.75) is 168 Å². The molecule has 0 saturated carbocycles. The van der Waals surface area contributed by atoms with Gasteiger partial charge in [-0.05, 0) is 70.3 Å². The second kappa shape index (κ2) is 40.0. The molecule has 2 atom stereocenters. The van der Waals surface area contributed by atoms with Crippen LogP contribution in [-0.2, 0) is 27.9 Å². The summed E-state index contributed by atoms with van der Waals surface area (Å²) in [4.78, 5) is 22.2. The van der Waals surface area contributed by atoms with Crippen molar-refractivity contribution in [1.29, 1.82) is 0 Å². The third kappa shape index (κ3) is 39.0. The number of nitrogens with two attached hydrogens (primary N) is 1. The average Bonchev–Trinajstić information content (AvgIpc) is 3.14. The maximum Gasteiger partial charge on any atom is 0.472 e. The fourth-order valence-corrected chi connectivity index (χ4v) is 5.95. The number of unbranched alkanes of at least 4 members (excludes halogenated alkanes) is 15. The van der Waals surface area contributed by atoms with Crippen LogP contribution in [0.5, 0.6) is 0 Å². The number of phosphoric acid groups is 1. The standard InChI is InChI=1S/C43H76NO7P/c1-3-5-7-9-11-13-15-17-19-20-21-22-23-24-26-28-30-32-34-36-43(45)49-40-42(41-51-52(46,47)50-39-37-44)48-38-35-33-31-29-27-25-18-16-14-12-10-8-6-4-2/h5,7,11,13,17,19,21-22,24,26,35,38,42H,3-4,6,8-10,12,14-16,18,20,23,25,27-34,36-37,39-41,44H2,1-2H3,(H,46,47)/b7-5-,13-11-,19-17-,22-21-,26-24-,38-35-/t42-/m1/s1. The first-order chi connectivity index (χ1) is 25.4. The van der Waals surface area contributed by atoms with Gasteiger partial charge in [0.25, 0.3) is 0 Å². The second-order valence-corrected chi connectivity index (χ2v) is 14.6. The van der Waals surface area contributed by atoms with Crippen molar-refractivity contribution in [3.63, 3.8) is 0 Å². The molecule has 0 aliphatic heterocycles. The maximum absolute atomic E-state index is 12.4. The topological polar surface area (TPSA) is 117 Å². The van der Waals surface area contributed by atoms with Crippen molar-refractivity contribution in [1.82, 2.24) is 0 Å². The van der Waals surface area contributed by atoms with Gasteiger partial charge in [0.1, 0.15) is 6.61 Å². The summed E-state index contributed by atoms with van der Waals surface area (Å²) in [6.07, 6.45) is 50.2. The molecule has 300 valence electrons. The molecular weight excluding hydrogens is 673 g/mol. The van der Waals surface area contributed by atoms with Crippen molar-refractivity contribution < 1.29 is 32.8 Å². The van der Waals surface area contributed by atoms with Gasteiger partial charge >= 0.3 is 13.8 Å². The quantitative estimate of drug-likeness (QED) is 0.0211. The smallest absolute Gasteiger partial charge is 0.472 e. The number of carbonyl (C=O) groups is 1. The number of allylic oxidation sites excluding steroid dienone is 11. The Labute approximate surface area is 318 Å². The van der Waals surface area contributed by atoms with Crippen molar-refractivity contribution in [2.24, 2.45) is 5.73 Å². The summed E-state index contributed by atoms with van der Waals surface area (Å²) in [5.41, 5.74) is 5.35. The average molecular weight is 750 g/mol. The molecule has 3 N–H and O–H groups in total. The summed E-state index contributed by atoms with van der Waals surface area (Å²) >= 11 is 0. The summed E-state index contributed by atoms with van der Waals surface area (Å²) in [5.74, 6) is -0.324. The Morgan fingerprint density at radius 1 is 0.615 bits per heavy atom. The lowest BCUT2D eigenvalue weighted by Gasteiger charge is -2.19. The van der Waals surface area contributed by atoms with Gasteiger partial charge in [-0.15, -0.1) is 0 Å². The molecule has 1 unspecified atom stereocenters. The Morgan fingerprint density at radius 3 is 1.63 bits per heavy atom. The van der Waals surface area contributed by atoms with E-state index in [1.807, 2.05) is 6.08 Å². The molecule has 0 spiro atoms. The Bertz CT molecular complexity index is 1020. The largest absolute Gasteiger partial charge is 0.492 e. The van der Waals surface area contributed by atoms with Crippen LogP contribution in [0.25, 0.3) is 0 Å². The van der Waals surface area contributed by atoms with Gasteiger partial charge in [-0.1, -0.05) is 152 Å². The van der Waals surface area contributed by atoms with E-state index in [2.05, 4.69) is 74.6 Å². The highest BCUT2D eigenvalue weighted by Gasteiger charge is 2.24. The molecule has 0 aliphatic carbocycles. The molecule has 0 amide bonds. The highest BCUT2D eigenvalue weighted by atomic mass is 31.2. The zero-order valence-electron chi connectivity index (χ0n) is 33.0. The fraction of sp³-hybridized carbons (Fsp3) is 0.698. The first kappa shape index (κ1) is 49.8. The highest BCUT2D eigenvalue weighted by molar-refractivity contribution is 7.47. The van der Waals surface area contributed by atoms with Crippen molar-refractivity contribution >= 4 is 13.8 Å². The molecule has 0 heterocycles. The van der Waals surface area contributed by atoms with Gasteiger partial charge in [0.05, 0.1) is 19.5 Å². The van der Waals surface area contributed by atoms with Crippen LogP contribution in [0, 0.1) is 0 Å². The summed E-state index contributed by atoms with van der Waals surface area (Å²) < 4.78 is 33.1. The summed E-state index contributed by atoms with van der Waals surface area (Å²) in [7, 11) is -4.28. The molecule has 0 aromatic heterocycles. The number of esters is 1. The Morgan fingerprint density at radius 2 is 1.10 bits per heavy atom. The monoisotopic (exact) mass is 750 g/mol. The van der Waals surface area contributed by atoms with Gasteiger partial charge in [-0.2, -0.15) is 0 Å². The number of hydrogen-bond donors (Lipinski definition) is 2. The van der Waals surface area contributed by atoms with Crippen LogP contribution in [0.4, 0.5) is 0 Å². The van der Waals surface area contributed by atoms with Gasteiger partial charge in [0.15, 0.2) is 6.10 Å². The lowest BCUT2D eigenvalue weighted by molar-refractivity contribution is -0.147. The molecule has 52 heavy (non-hydrogen) atoms. The Balaban J connectivity index is 4.18. The minimum atomic E-state index is -4.28. The Kier molecular flexibility index (Phi) is 38.3. The number of phosphoric ester groups is 1. The van der Waals surface area contributed by atoms with E-state index in [1.54, 1.807) is 6.26 Å². The summed E-state index contributed by atoms with van der Waals surface area (Å²) in [6.45, 7) is 4.05. The first-order valence-corrected chi connectivity index (χ1v) is 22.0. The minimum absolute atomic E-state index is 0.0846. The third-order valence-electron chi connectivity index (χ3n) is 8.23. The molecule has 0 fully saturated rings. The van der Waals surface area contributed by atoms with E-state index >= 15 is 0 Å². The van der Waals surface area contributed by atoms with Gasteiger partial charge < -0.3 is 20.1 Å². The van der Waals surface area contributed by atoms with Crippen molar-refractivity contribution in [3.05, 3.63) is 73.1 Å². The summed E-state index contributed by atoms with van der Waals surface area (Å²) in [5, 5.41) is 0. The van der Waals surface area contributed by atoms with Crippen LogP contribution in [-0.4, -0.2) is 43.3 Å². The molecule has 0 rings (SSSR count). The van der Waals surface area contributed by atoms with E-state index < -0.39 is 13.9 Å². The van der Waals surface area contributed by atoms with Gasteiger partial charge in [0.2, 0.25) is 0 Å². The molecule has 0 aliphatic rings. The van der Waals surface area contributed by atoms with Crippen LogP contribution in [0.15, 0.2) is 73.1 Å². The van der Waals surface area contributed by atoms with E-state index in [-0.39, 0.29) is 32.3 Å².